The van der Waals surface area contributed by atoms with Gasteiger partial charge in [0.1, 0.15) is 5.54 Å². The van der Waals surface area contributed by atoms with E-state index in [1.807, 2.05) is 36.6 Å². The molecule has 4 rings (SSSR count). The molecular formula is C26H26N2O3. The van der Waals surface area contributed by atoms with Crippen molar-refractivity contribution in [2.24, 2.45) is 10.9 Å². The van der Waals surface area contributed by atoms with Crippen LogP contribution in [0.15, 0.2) is 75.6 Å². The molecule has 2 aliphatic carbocycles. The van der Waals surface area contributed by atoms with Gasteiger partial charge < -0.3 is 9.72 Å². The summed E-state index contributed by atoms with van der Waals surface area (Å²) in [6, 6.07) is 10.8. The molecule has 0 saturated heterocycles. The standard InChI is InChI=1S/C26H26N2O3/c1-4-21-20-13-17(2)16-26(21,22-10-11-24(29)28-23(22)15-20)27-12-6-8-18-7-5-9-19(14-18)25(30)31-3/h4-14,20H,15-16H2,1-3H3,(H,28,29)/b8-6+,21-4+,27-12?. The minimum absolute atomic E-state index is 0.0778. The number of carbonyl (C=O) groups excluding carboxylic acids is 1. The molecule has 5 nitrogen and oxygen atoms in total. The molecule has 2 unspecified atom stereocenters. The van der Waals surface area contributed by atoms with Gasteiger partial charge in [-0.3, -0.25) is 9.79 Å². The zero-order valence-corrected chi connectivity index (χ0v) is 18.0. The van der Waals surface area contributed by atoms with Gasteiger partial charge in [-0.05, 0) is 55.7 Å². The summed E-state index contributed by atoms with van der Waals surface area (Å²) in [5.74, 6) is -0.119. The number of rotatable bonds is 4. The molecule has 0 radical (unpaired) electrons. The SMILES string of the molecule is C/C=C1\C2C=C(C)CC1(N=C/C=C/c1cccc(C(=O)OC)c1)c1ccc(=O)[nH]c1C2. The van der Waals surface area contributed by atoms with Crippen LogP contribution >= 0.6 is 0 Å². The lowest BCUT2D eigenvalue weighted by Crippen LogP contribution is -2.40. The van der Waals surface area contributed by atoms with Crippen molar-refractivity contribution in [3.8, 4) is 0 Å². The Morgan fingerprint density at radius 2 is 2.13 bits per heavy atom. The summed E-state index contributed by atoms with van der Waals surface area (Å²) < 4.78 is 4.79. The summed E-state index contributed by atoms with van der Waals surface area (Å²) in [6.07, 6.45) is 11.7. The van der Waals surface area contributed by atoms with Gasteiger partial charge in [-0.25, -0.2) is 4.79 Å². The minimum Gasteiger partial charge on any atom is -0.465 e. The Balaban J connectivity index is 1.71. The molecule has 0 saturated carbocycles. The lowest BCUT2D eigenvalue weighted by Gasteiger charge is -2.45. The number of methoxy groups -OCH3 is 1. The maximum atomic E-state index is 11.9. The van der Waals surface area contributed by atoms with Crippen LogP contribution in [-0.2, 0) is 16.7 Å². The molecule has 2 bridgehead atoms. The predicted molar refractivity (Wildman–Crippen MR) is 123 cm³/mol. The normalized spacial score (nSPS) is 23.8. The van der Waals surface area contributed by atoms with Crippen LogP contribution in [0.5, 0.6) is 0 Å². The number of benzene rings is 1. The number of hydrogen-bond acceptors (Lipinski definition) is 4. The monoisotopic (exact) mass is 414 g/mol. The molecule has 31 heavy (non-hydrogen) atoms. The second kappa shape index (κ2) is 8.34. The Hall–Kier alpha value is -3.47. The summed E-state index contributed by atoms with van der Waals surface area (Å²) in [5.41, 5.74) is 5.44. The number of aliphatic imine (C=N–C) groups is 1. The lowest BCUT2D eigenvalue weighted by molar-refractivity contribution is 0.0600. The quantitative estimate of drug-likeness (QED) is 0.451. The largest absolute Gasteiger partial charge is 0.465 e. The van der Waals surface area contributed by atoms with E-state index in [0.717, 1.165) is 29.7 Å². The molecule has 158 valence electrons. The Morgan fingerprint density at radius 3 is 2.90 bits per heavy atom. The molecule has 2 aliphatic rings. The van der Waals surface area contributed by atoms with Crippen LogP contribution in [0.2, 0.25) is 0 Å². The third-order valence-corrected chi connectivity index (χ3v) is 6.06. The maximum Gasteiger partial charge on any atom is 0.337 e. The zero-order chi connectivity index (χ0) is 22.0. The summed E-state index contributed by atoms with van der Waals surface area (Å²) >= 11 is 0. The number of nitrogens with one attached hydrogen (secondary N) is 1. The first-order valence-electron chi connectivity index (χ1n) is 10.4. The fourth-order valence-electron chi connectivity index (χ4n) is 4.86. The lowest BCUT2D eigenvalue weighted by atomic mass is 9.63. The highest BCUT2D eigenvalue weighted by Gasteiger charge is 2.46. The van der Waals surface area contributed by atoms with Crippen molar-refractivity contribution in [3.05, 3.63) is 98.5 Å². The van der Waals surface area contributed by atoms with Crippen LogP contribution < -0.4 is 5.56 Å². The van der Waals surface area contributed by atoms with Gasteiger partial charge in [0.2, 0.25) is 5.56 Å². The summed E-state index contributed by atoms with van der Waals surface area (Å²) in [7, 11) is 1.37. The molecular weight excluding hydrogens is 388 g/mol. The van der Waals surface area contributed by atoms with Crippen LogP contribution in [-0.4, -0.2) is 24.3 Å². The van der Waals surface area contributed by atoms with E-state index in [2.05, 4.69) is 31.0 Å². The molecule has 1 heterocycles. The second-order valence-electron chi connectivity index (χ2n) is 8.07. The molecule has 0 aliphatic heterocycles. The van der Waals surface area contributed by atoms with Crippen molar-refractivity contribution in [1.29, 1.82) is 0 Å². The topological polar surface area (TPSA) is 71.5 Å². The van der Waals surface area contributed by atoms with Gasteiger partial charge in [-0.1, -0.05) is 35.9 Å². The Morgan fingerprint density at radius 1 is 1.29 bits per heavy atom. The van der Waals surface area contributed by atoms with E-state index in [4.69, 9.17) is 9.73 Å². The molecule has 1 aromatic heterocycles. The smallest absolute Gasteiger partial charge is 0.337 e. The third kappa shape index (κ3) is 3.83. The number of pyridine rings is 1. The number of carbonyl (C=O) groups is 1. The van der Waals surface area contributed by atoms with Gasteiger partial charge in [0, 0.05) is 35.9 Å². The van der Waals surface area contributed by atoms with Crippen molar-refractivity contribution in [2.45, 2.75) is 32.2 Å². The van der Waals surface area contributed by atoms with Crippen molar-refractivity contribution < 1.29 is 9.53 Å². The second-order valence-corrected chi connectivity index (χ2v) is 8.07. The average Bonchev–Trinajstić information content (AvgIpc) is 2.75. The van der Waals surface area contributed by atoms with Gasteiger partial charge in [0.25, 0.3) is 0 Å². The zero-order valence-electron chi connectivity index (χ0n) is 18.0. The van der Waals surface area contributed by atoms with E-state index in [1.54, 1.807) is 18.2 Å². The number of hydrogen-bond donors (Lipinski definition) is 1. The third-order valence-electron chi connectivity index (χ3n) is 6.06. The minimum atomic E-state index is -0.506. The number of fused-ring (bicyclic) bond motifs is 4. The molecule has 0 fully saturated rings. The number of aromatic nitrogens is 1. The number of esters is 1. The number of nitrogens with zero attached hydrogens (tertiary/aromatic N) is 1. The van der Waals surface area contributed by atoms with E-state index < -0.39 is 5.54 Å². The first-order valence-corrected chi connectivity index (χ1v) is 10.4. The highest BCUT2D eigenvalue weighted by molar-refractivity contribution is 5.90. The van der Waals surface area contributed by atoms with Crippen molar-refractivity contribution in [1.82, 2.24) is 4.98 Å². The highest BCUT2D eigenvalue weighted by Crippen LogP contribution is 2.51. The van der Waals surface area contributed by atoms with Gasteiger partial charge in [0.15, 0.2) is 0 Å². The molecule has 0 amide bonds. The average molecular weight is 415 g/mol. The summed E-state index contributed by atoms with van der Waals surface area (Å²) in [4.78, 5) is 31.8. The van der Waals surface area contributed by atoms with Crippen LogP contribution in [0.3, 0.4) is 0 Å². The van der Waals surface area contributed by atoms with Crippen molar-refractivity contribution >= 4 is 18.3 Å². The van der Waals surface area contributed by atoms with E-state index in [1.165, 1.54) is 18.3 Å². The first kappa shape index (κ1) is 20.8. The maximum absolute atomic E-state index is 11.9. The van der Waals surface area contributed by atoms with E-state index in [9.17, 15) is 9.59 Å². The molecule has 0 spiro atoms. The number of aromatic amines is 1. The summed E-state index contributed by atoms with van der Waals surface area (Å²) in [5, 5.41) is 0. The molecule has 1 aromatic carbocycles. The van der Waals surface area contributed by atoms with Gasteiger partial charge >= 0.3 is 5.97 Å². The Bertz CT molecular complexity index is 1200. The van der Waals surface area contributed by atoms with E-state index in [-0.39, 0.29) is 17.4 Å². The number of ether oxygens (including phenoxy) is 1. The van der Waals surface area contributed by atoms with Gasteiger partial charge in [-0.15, -0.1) is 0 Å². The highest BCUT2D eigenvalue weighted by atomic mass is 16.5. The number of H-pyrrole nitrogens is 1. The first-order chi connectivity index (χ1) is 15.0. The molecule has 2 atom stereocenters. The van der Waals surface area contributed by atoms with Crippen LogP contribution in [0, 0.1) is 5.92 Å². The van der Waals surface area contributed by atoms with Crippen molar-refractivity contribution in [3.63, 3.8) is 0 Å². The van der Waals surface area contributed by atoms with Gasteiger partial charge in [-0.2, -0.15) is 0 Å². The molecule has 1 N–H and O–H groups in total. The van der Waals surface area contributed by atoms with Gasteiger partial charge in [0.05, 0.1) is 12.7 Å². The fraction of sp³-hybridized carbons (Fsp3) is 0.269. The number of allylic oxidation sites excluding steroid dienone is 3. The van der Waals surface area contributed by atoms with E-state index in [0.29, 0.717) is 5.56 Å². The predicted octanol–water partition coefficient (Wildman–Crippen LogP) is 4.61. The Labute approximate surface area is 181 Å². The van der Waals surface area contributed by atoms with E-state index >= 15 is 0 Å². The molecule has 5 heteroatoms. The fourth-order valence-corrected chi connectivity index (χ4v) is 4.86. The molecule has 2 aromatic rings. The summed E-state index contributed by atoms with van der Waals surface area (Å²) in [6.45, 7) is 4.21. The van der Waals surface area contributed by atoms with Crippen molar-refractivity contribution in [2.75, 3.05) is 7.11 Å². The van der Waals surface area contributed by atoms with Crippen LogP contribution in [0.4, 0.5) is 0 Å². The van der Waals surface area contributed by atoms with Crippen LogP contribution in [0.1, 0.15) is 47.4 Å². The van der Waals surface area contributed by atoms with Crippen LogP contribution in [0.25, 0.3) is 6.08 Å². The Kier molecular flexibility index (Phi) is 5.59.